The number of anilines is 1. The number of aromatic carboxylic acids is 1. The summed E-state index contributed by atoms with van der Waals surface area (Å²) in [5.41, 5.74) is 0.362. The lowest BCUT2D eigenvalue weighted by Gasteiger charge is -2.38. The normalized spacial score (nSPS) is 18.1. The van der Waals surface area contributed by atoms with E-state index in [9.17, 15) is 4.79 Å². The summed E-state index contributed by atoms with van der Waals surface area (Å²) in [6, 6.07) is 0. The zero-order valence-corrected chi connectivity index (χ0v) is 12.0. The minimum Gasteiger partial charge on any atom is -0.477 e. The van der Waals surface area contributed by atoms with Gasteiger partial charge in [-0.05, 0) is 24.2 Å². The number of piperidine rings is 1. The highest BCUT2D eigenvalue weighted by Gasteiger charge is 2.29. The molecule has 1 N–H and O–H groups in total. The van der Waals surface area contributed by atoms with E-state index in [0.29, 0.717) is 10.3 Å². The number of hydrogen-bond donors (Lipinski definition) is 1. The number of hydrogen-bond acceptors (Lipinski definition) is 4. The van der Waals surface area contributed by atoms with Crippen LogP contribution in [0, 0.1) is 11.3 Å². The summed E-state index contributed by atoms with van der Waals surface area (Å²) in [7, 11) is 0. The van der Waals surface area contributed by atoms with Gasteiger partial charge in [-0.2, -0.15) is 0 Å². The number of nitrogens with zero attached hydrogens (tertiary/aromatic N) is 2. The van der Waals surface area contributed by atoms with Crippen molar-refractivity contribution in [2.75, 3.05) is 18.0 Å². The predicted octanol–water partition coefficient (Wildman–Crippen LogP) is 3.10. The summed E-state index contributed by atoms with van der Waals surface area (Å²) in [6.07, 6.45) is 3.77. The van der Waals surface area contributed by atoms with Gasteiger partial charge in [0, 0.05) is 13.1 Å². The van der Waals surface area contributed by atoms with E-state index in [4.69, 9.17) is 5.11 Å². The fourth-order valence-electron chi connectivity index (χ4n) is 2.45. The number of carbonyl (C=O) groups is 1. The van der Waals surface area contributed by atoms with E-state index in [-0.39, 0.29) is 0 Å². The predicted molar refractivity (Wildman–Crippen MR) is 73.5 cm³/mol. The van der Waals surface area contributed by atoms with E-state index in [0.717, 1.165) is 37.0 Å². The Morgan fingerprint density at radius 3 is 2.50 bits per heavy atom. The van der Waals surface area contributed by atoms with E-state index < -0.39 is 5.97 Å². The molecule has 0 atom stereocenters. The lowest BCUT2D eigenvalue weighted by atomic mass is 9.75. The van der Waals surface area contributed by atoms with Crippen molar-refractivity contribution < 1.29 is 9.90 Å². The molecular weight excluding hydrogens is 248 g/mol. The van der Waals surface area contributed by atoms with Crippen LogP contribution in [0.25, 0.3) is 0 Å². The van der Waals surface area contributed by atoms with Crippen molar-refractivity contribution in [3.8, 4) is 0 Å². The van der Waals surface area contributed by atoms with Crippen LogP contribution >= 0.6 is 11.3 Å². The maximum atomic E-state index is 10.8. The van der Waals surface area contributed by atoms with Gasteiger partial charge in [-0.3, -0.25) is 0 Å². The monoisotopic (exact) mass is 268 g/mol. The molecule has 18 heavy (non-hydrogen) atoms. The van der Waals surface area contributed by atoms with Gasteiger partial charge in [0.05, 0.1) is 6.20 Å². The average Bonchev–Trinajstić information content (AvgIpc) is 2.77. The molecule has 0 spiro atoms. The largest absolute Gasteiger partial charge is 0.477 e. The van der Waals surface area contributed by atoms with Crippen LogP contribution < -0.4 is 4.90 Å². The van der Waals surface area contributed by atoms with Crippen molar-refractivity contribution in [1.29, 1.82) is 0 Å². The minimum atomic E-state index is -0.886. The van der Waals surface area contributed by atoms with Gasteiger partial charge < -0.3 is 10.0 Å². The van der Waals surface area contributed by atoms with Gasteiger partial charge in [0.25, 0.3) is 0 Å². The molecule has 2 rings (SSSR count). The Balaban J connectivity index is 1.99. The first-order chi connectivity index (χ1) is 8.38. The van der Waals surface area contributed by atoms with Crippen LogP contribution in [-0.2, 0) is 0 Å². The van der Waals surface area contributed by atoms with Gasteiger partial charge in [-0.25, -0.2) is 9.78 Å². The summed E-state index contributed by atoms with van der Waals surface area (Å²) >= 11 is 1.27. The Bertz CT molecular complexity index is 428. The highest BCUT2D eigenvalue weighted by Crippen LogP contribution is 2.36. The molecule has 1 aliphatic heterocycles. The topological polar surface area (TPSA) is 53.4 Å². The van der Waals surface area contributed by atoms with Crippen molar-refractivity contribution in [1.82, 2.24) is 4.98 Å². The third kappa shape index (κ3) is 2.83. The molecule has 0 aliphatic carbocycles. The summed E-state index contributed by atoms with van der Waals surface area (Å²) in [4.78, 5) is 17.6. The highest BCUT2D eigenvalue weighted by atomic mass is 32.1. The Labute approximate surface area is 112 Å². The number of aromatic nitrogens is 1. The second kappa shape index (κ2) is 4.88. The van der Waals surface area contributed by atoms with Gasteiger partial charge in [0.15, 0.2) is 5.13 Å². The van der Waals surface area contributed by atoms with E-state index in [2.05, 4.69) is 30.7 Å². The van der Waals surface area contributed by atoms with Gasteiger partial charge in [0.1, 0.15) is 4.88 Å². The van der Waals surface area contributed by atoms with Crippen LogP contribution in [0.3, 0.4) is 0 Å². The van der Waals surface area contributed by atoms with Gasteiger partial charge in [0.2, 0.25) is 0 Å². The first kappa shape index (κ1) is 13.3. The number of carboxylic acid groups (broad SMARTS) is 1. The molecule has 100 valence electrons. The fourth-order valence-corrected chi connectivity index (χ4v) is 3.25. The summed E-state index contributed by atoms with van der Waals surface area (Å²) < 4.78 is 0. The standard InChI is InChI=1S/C13H20N2O2S/c1-13(2,3)9-4-6-15(7-5-9)12-14-8-10(18-12)11(16)17/h8-9H,4-7H2,1-3H3,(H,16,17). The molecule has 1 aliphatic rings. The Morgan fingerprint density at radius 2 is 2.06 bits per heavy atom. The third-order valence-corrected chi connectivity index (χ3v) is 4.74. The Kier molecular flexibility index (Phi) is 3.61. The van der Waals surface area contributed by atoms with Crippen LogP contribution in [0.5, 0.6) is 0 Å². The van der Waals surface area contributed by atoms with Crippen molar-refractivity contribution in [2.24, 2.45) is 11.3 Å². The SMILES string of the molecule is CC(C)(C)C1CCN(c2ncc(C(=O)O)s2)CC1. The average molecular weight is 268 g/mol. The van der Waals surface area contributed by atoms with E-state index in [1.54, 1.807) is 0 Å². The molecule has 1 aromatic heterocycles. The lowest BCUT2D eigenvalue weighted by molar-refractivity contribution is 0.0702. The molecule has 0 aromatic carbocycles. The van der Waals surface area contributed by atoms with Crippen molar-refractivity contribution in [3.63, 3.8) is 0 Å². The molecule has 5 heteroatoms. The number of rotatable bonds is 2. The molecule has 1 fully saturated rings. The van der Waals surface area contributed by atoms with Gasteiger partial charge >= 0.3 is 5.97 Å². The maximum absolute atomic E-state index is 10.8. The Hall–Kier alpha value is -1.10. The quantitative estimate of drug-likeness (QED) is 0.895. The van der Waals surface area contributed by atoms with Crippen LogP contribution in [0.15, 0.2) is 6.20 Å². The molecule has 1 aromatic rings. The molecular formula is C13H20N2O2S. The zero-order valence-electron chi connectivity index (χ0n) is 11.1. The summed E-state index contributed by atoms with van der Waals surface area (Å²) in [6.45, 7) is 8.83. The highest BCUT2D eigenvalue weighted by molar-refractivity contribution is 7.17. The second-order valence-electron chi connectivity index (χ2n) is 5.94. The third-order valence-electron chi connectivity index (χ3n) is 3.69. The van der Waals surface area contributed by atoms with Crippen LogP contribution in [0.1, 0.15) is 43.3 Å². The van der Waals surface area contributed by atoms with Crippen molar-refractivity contribution in [3.05, 3.63) is 11.1 Å². The fraction of sp³-hybridized carbons (Fsp3) is 0.692. The maximum Gasteiger partial charge on any atom is 0.347 e. The first-order valence-electron chi connectivity index (χ1n) is 6.32. The van der Waals surface area contributed by atoms with Crippen LogP contribution in [0.2, 0.25) is 0 Å². The molecule has 0 bridgehead atoms. The van der Waals surface area contributed by atoms with E-state index in [1.165, 1.54) is 17.5 Å². The molecule has 4 nitrogen and oxygen atoms in total. The molecule has 0 radical (unpaired) electrons. The Morgan fingerprint density at radius 1 is 1.44 bits per heavy atom. The van der Waals surface area contributed by atoms with Gasteiger partial charge in [-0.15, -0.1) is 0 Å². The van der Waals surface area contributed by atoms with E-state index >= 15 is 0 Å². The molecule has 0 amide bonds. The number of thiazole rings is 1. The first-order valence-corrected chi connectivity index (χ1v) is 7.13. The van der Waals surface area contributed by atoms with E-state index in [1.807, 2.05) is 0 Å². The molecule has 2 heterocycles. The molecule has 1 saturated heterocycles. The van der Waals surface area contributed by atoms with Gasteiger partial charge in [-0.1, -0.05) is 32.1 Å². The zero-order chi connectivity index (χ0) is 13.3. The van der Waals surface area contributed by atoms with Crippen molar-refractivity contribution >= 4 is 22.4 Å². The van der Waals surface area contributed by atoms with Crippen LogP contribution in [-0.4, -0.2) is 29.1 Å². The molecule has 0 saturated carbocycles. The minimum absolute atomic E-state index is 0.322. The van der Waals surface area contributed by atoms with Crippen molar-refractivity contribution in [2.45, 2.75) is 33.6 Å². The molecule has 0 unspecified atom stereocenters. The lowest BCUT2D eigenvalue weighted by Crippen LogP contribution is -2.37. The van der Waals surface area contributed by atoms with Crippen LogP contribution in [0.4, 0.5) is 5.13 Å². The summed E-state index contributed by atoms with van der Waals surface area (Å²) in [5.74, 6) is -0.143. The number of carboxylic acids is 1. The smallest absolute Gasteiger partial charge is 0.347 e. The second-order valence-corrected chi connectivity index (χ2v) is 6.95. The summed E-state index contributed by atoms with van der Waals surface area (Å²) in [5, 5.41) is 9.74.